The highest BCUT2D eigenvalue weighted by Gasteiger charge is 2.16. The lowest BCUT2D eigenvalue weighted by atomic mass is 10.2. The highest BCUT2D eigenvalue weighted by molar-refractivity contribution is 7.91. The second-order valence-corrected chi connectivity index (χ2v) is 9.34. The van der Waals surface area contributed by atoms with Crippen LogP contribution in [-0.2, 0) is 15.8 Å². The Morgan fingerprint density at radius 3 is 2.41 bits per heavy atom. The van der Waals surface area contributed by atoms with Gasteiger partial charge in [0.25, 0.3) is 0 Å². The third-order valence-electron chi connectivity index (χ3n) is 5.00. The lowest BCUT2D eigenvalue weighted by molar-refractivity contribution is 0.459. The molecule has 34 heavy (non-hydrogen) atoms. The van der Waals surface area contributed by atoms with E-state index in [1.54, 1.807) is 31.5 Å². The Morgan fingerprint density at radius 1 is 1.00 bits per heavy atom. The Labute approximate surface area is 195 Å². The van der Waals surface area contributed by atoms with Crippen LogP contribution in [0.3, 0.4) is 0 Å². The number of imidazole rings is 1. The summed E-state index contributed by atoms with van der Waals surface area (Å²) in [6.07, 6.45) is 1.67. The zero-order valence-electron chi connectivity index (χ0n) is 18.6. The van der Waals surface area contributed by atoms with Gasteiger partial charge in [0.05, 0.1) is 11.4 Å². The van der Waals surface area contributed by atoms with Crippen LogP contribution in [0.25, 0.3) is 5.82 Å². The van der Waals surface area contributed by atoms with Crippen molar-refractivity contribution in [1.29, 1.82) is 0 Å². The number of rotatable bonds is 7. The van der Waals surface area contributed by atoms with E-state index in [2.05, 4.69) is 19.7 Å². The SMILES string of the molecule is Cc1nc(Oc2ccc(NS(=O)(=O)Cc3cc(F)ccc3F)cc2)cc(-n2cnc(C)c2C)n1. The highest BCUT2D eigenvalue weighted by atomic mass is 32.2. The maximum Gasteiger partial charge on any atom is 0.237 e. The predicted octanol–water partition coefficient (Wildman–Crippen LogP) is 4.60. The second-order valence-electron chi connectivity index (χ2n) is 7.62. The Kier molecular flexibility index (Phi) is 6.29. The van der Waals surface area contributed by atoms with Crippen molar-refractivity contribution in [2.75, 3.05) is 4.72 Å². The molecule has 4 rings (SSSR count). The molecule has 0 spiro atoms. The van der Waals surface area contributed by atoms with Crippen molar-refractivity contribution >= 4 is 15.7 Å². The lowest BCUT2D eigenvalue weighted by Crippen LogP contribution is -2.16. The fourth-order valence-corrected chi connectivity index (χ4v) is 4.41. The van der Waals surface area contributed by atoms with Gasteiger partial charge in [0, 0.05) is 23.0 Å². The molecular weight excluding hydrogens is 464 g/mol. The molecule has 4 aromatic rings. The molecule has 0 bridgehead atoms. The average molecular weight is 486 g/mol. The quantitative estimate of drug-likeness (QED) is 0.411. The molecule has 176 valence electrons. The van der Waals surface area contributed by atoms with Gasteiger partial charge >= 0.3 is 0 Å². The monoisotopic (exact) mass is 485 g/mol. The summed E-state index contributed by atoms with van der Waals surface area (Å²) in [7, 11) is -3.97. The van der Waals surface area contributed by atoms with Crippen molar-refractivity contribution in [2.24, 2.45) is 0 Å². The topological polar surface area (TPSA) is 99.0 Å². The number of anilines is 1. The van der Waals surface area contributed by atoms with E-state index < -0.39 is 27.4 Å². The minimum Gasteiger partial charge on any atom is -0.439 e. The number of hydrogen-bond acceptors (Lipinski definition) is 6. The van der Waals surface area contributed by atoms with Crippen molar-refractivity contribution in [1.82, 2.24) is 19.5 Å². The van der Waals surface area contributed by atoms with E-state index in [0.717, 1.165) is 29.6 Å². The minimum absolute atomic E-state index is 0.244. The summed E-state index contributed by atoms with van der Waals surface area (Å²) in [4.78, 5) is 13.0. The standard InChI is InChI=1S/C23H21F2N5O3S/c1-14-15(2)30(13-26-14)22-11-23(28-16(3)27-22)33-20-7-5-19(6-8-20)29-34(31,32)12-17-10-18(24)4-9-21(17)25/h4-11,13,29H,12H2,1-3H3. The summed E-state index contributed by atoms with van der Waals surface area (Å²) >= 11 is 0. The van der Waals surface area contributed by atoms with Crippen molar-refractivity contribution < 1.29 is 21.9 Å². The minimum atomic E-state index is -3.97. The zero-order valence-corrected chi connectivity index (χ0v) is 19.4. The summed E-state index contributed by atoms with van der Waals surface area (Å²) in [5, 5.41) is 0. The molecule has 0 unspecified atom stereocenters. The Bertz CT molecular complexity index is 1450. The molecule has 0 aliphatic heterocycles. The molecule has 0 radical (unpaired) electrons. The Hall–Kier alpha value is -3.86. The molecule has 11 heteroatoms. The van der Waals surface area contributed by atoms with E-state index in [4.69, 9.17) is 4.74 Å². The number of aromatic nitrogens is 4. The Balaban J connectivity index is 1.48. The number of nitrogens with zero attached hydrogens (tertiary/aromatic N) is 4. The number of sulfonamides is 1. The van der Waals surface area contributed by atoms with E-state index in [1.165, 1.54) is 12.1 Å². The van der Waals surface area contributed by atoms with E-state index >= 15 is 0 Å². The van der Waals surface area contributed by atoms with Gasteiger partial charge in [0.1, 0.15) is 35.4 Å². The summed E-state index contributed by atoms with van der Waals surface area (Å²) in [6.45, 7) is 5.58. The van der Waals surface area contributed by atoms with Gasteiger partial charge in [-0.2, -0.15) is 4.98 Å². The van der Waals surface area contributed by atoms with Crippen LogP contribution >= 0.6 is 0 Å². The van der Waals surface area contributed by atoms with Gasteiger partial charge in [-0.15, -0.1) is 0 Å². The number of hydrogen-bond donors (Lipinski definition) is 1. The number of benzene rings is 2. The van der Waals surface area contributed by atoms with Crippen LogP contribution in [0.1, 0.15) is 22.8 Å². The molecule has 2 aromatic carbocycles. The number of halogens is 2. The first-order chi connectivity index (χ1) is 16.1. The van der Waals surface area contributed by atoms with Crippen LogP contribution < -0.4 is 9.46 Å². The van der Waals surface area contributed by atoms with Gasteiger partial charge in [-0.3, -0.25) is 9.29 Å². The van der Waals surface area contributed by atoms with Crippen molar-refractivity contribution in [2.45, 2.75) is 26.5 Å². The van der Waals surface area contributed by atoms with Crippen LogP contribution in [0, 0.1) is 32.4 Å². The van der Waals surface area contributed by atoms with Gasteiger partial charge in [-0.05, 0) is 63.2 Å². The summed E-state index contributed by atoms with van der Waals surface area (Å²) < 4.78 is 61.9. The van der Waals surface area contributed by atoms with E-state index in [9.17, 15) is 17.2 Å². The van der Waals surface area contributed by atoms with Gasteiger partial charge < -0.3 is 4.74 Å². The molecular formula is C23H21F2N5O3S. The smallest absolute Gasteiger partial charge is 0.237 e. The summed E-state index contributed by atoms with van der Waals surface area (Å²) in [5.41, 5.74) is 1.81. The van der Waals surface area contributed by atoms with Crippen LogP contribution in [0.2, 0.25) is 0 Å². The average Bonchev–Trinajstić information content (AvgIpc) is 3.10. The molecule has 0 aliphatic carbocycles. The van der Waals surface area contributed by atoms with Crippen LogP contribution in [-0.4, -0.2) is 27.9 Å². The number of aryl methyl sites for hydroxylation is 2. The van der Waals surface area contributed by atoms with E-state index in [1.807, 2.05) is 18.4 Å². The van der Waals surface area contributed by atoms with E-state index in [-0.39, 0.29) is 11.3 Å². The largest absolute Gasteiger partial charge is 0.439 e. The maximum atomic E-state index is 13.8. The molecule has 2 aromatic heterocycles. The molecule has 0 saturated heterocycles. The van der Waals surface area contributed by atoms with Gasteiger partial charge in [0.15, 0.2) is 0 Å². The molecule has 0 atom stereocenters. The third kappa shape index (κ3) is 5.37. The van der Waals surface area contributed by atoms with Crippen LogP contribution in [0.15, 0.2) is 54.9 Å². The van der Waals surface area contributed by atoms with Crippen LogP contribution in [0.5, 0.6) is 11.6 Å². The maximum absolute atomic E-state index is 13.8. The lowest BCUT2D eigenvalue weighted by Gasteiger charge is -2.11. The Morgan fingerprint density at radius 2 is 1.74 bits per heavy atom. The normalized spacial score (nSPS) is 11.4. The predicted molar refractivity (Wildman–Crippen MR) is 122 cm³/mol. The summed E-state index contributed by atoms with van der Waals surface area (Å²) in [6, 6.07) is 10.5. The van der Waals surface area contributed by atoms with Crippen LogP contribution in [0.4, 0.5) is 14.5 Å². The fraction of sp³-hybridized carbons (Fsp3) is 0.174. The summed E-state index contributed by atoms with van der Waals surface area (Å²) in [5.74, 6) is -0.373. The first kappa shape index (κ1) is 23.3. The van der Waals surface area contributed by atoms with Gasteiger partial charge in [-0.25, -0.2) is 27.2 Å². The number of nitrogens with one attached hydrogen (secondary N) is 1. The van der Waals surface area contributed by atoms with Crippen molar-refractivity contribution in [3.8, 4) is 17.4 Å². The molecule has 8 nitrogen and oxygen atoms in total. The van der Waals surface area contributed by atoms with Crippen molar-refractivity contribution in [3.05, 3.63) is 89.3 Å². The van der Waals surface area contributed by atoms with Gasteiger partial charge in [-0.1, -0.05) is 0 Å². The third-order valence-corrected chi connectivity index (χ3v) is 6.24. The molecule has 0 amide bonds. The molecule has 2 heterocycles. The van der Waals surface area contributed by atoms with Gasteiger partial charge in [0.2, 0.25) is 15.9 Å². The first-order valence-corrected chi connectivity index (χ1v) is 11.8. The first-order valence-electron chi connectivity index (χ1n) is 10.2. The molecule has 0 fully saturated rings. The van der Waals surface area contributed by atoms with E-state index in [0.29, 0.717) is 23.3 Å². The molecule has 0 saturated carbocycles. The number of ether oxygens (including phenoxy) is 1. The fourth-order valence-electron chi connectivity index (χ4n) is 3.22. The zero-order chi connectivity index (χ0) is 24.5. The molecule has 1 N–H and O–H groups in total. The highest BCUT2D eigenvalue weighted by Crippen LogP contribution is 2.25. The second kappa shape index (κ2) is 9.18. The molecule has 0 aliphatic rings. The van der Waals surface area contributed by atoms with Crippen molar-refractivity contribution in [3.63, 3.8) is 0 Å².